The van der Waals surface area contributed by atoms with Gasteiger partial charge in [-0.3, -0.25) is 15.2 Å². The van der Waals surface area contributed by atoms with Crippen LogP contribution in [0.2, 0.25) is 0 Å². The average molecular weight is 261 g/mol. The minimum absolute atomic E-state index is 0. The van der Waals surface area contributed by atoms with Gasteiger partial charge in [-0.25, -0.2) is 10.8 Å². The lowest BCUT2D eigenvalue weighted by Crippen LogP contribution is -2.18. The second-order valence-corrected chi connectivity index (χ2v) is 3.05. The second kappa shape index (κ2) is 17.1. The van der Waals surface area contributed by atoms with Crippen LogP contribution in [-0.4, -0.2) is 30.0 Å². The Balaban J connectivity index is -0.000000177. The molecule has 0 unspecified atom stereocenters. The van der Waals surface area contributed by atoms with Crippen LogP contribution < -0.4 is 17.0 Å². The number of hydrogen-bond donors (Lipinski definition) is 3. The summed E-state index contributed by atoms with van der Waals surface area (Å²) in [7, 11) is 0. The van der Waals surface area contributed by atoms with E-state index in [-0.39, 0.29) is 7.43 Å². The first-order valence-electron chi connectivity index (χ1n) is 4.86. The summed E-state index contributed by atoms with van der Waals surface area (Å²) in [5.41, 5.74) is 6.77. The van der Waals surface area contributed by atoms with Crippen LogP contribution in [0, 0.1) is 0 Å². The minimum atomic E-state index is 0. The number of nitrogens with zero attached hydrogens (tertiary/aromatic N) is 2. The van der Waals surface area contributed by atoms with Crippen molar-refractivity contribution in [2.45, 2.75) is 34.1 Å². The van der Waals surface area contributed by atoms with Gasteiger partial charge in [-0.05, 0) is 6.42 Å². The largest absolute Gasteiger partial charge is 0.393 e. The van der Waals surface area contributed by atoms with Crippen molar-refractivity contribution < 1.29 is 4.79 Å². The molecule has 0 fully saturated rings. The number of rotatable bonds is 3. The number of nitrogens with one attached hydrogen (secondary N) is 1. The fraction of sp³-hybridized carbons (Fsp3) is 0.600. The lowest BCUT2D eigenvalue weighted by atomic mass is 10.5. The Labute approximate surface area is 109 Å². The lowest BCUT2D eigenvalue weighted by molar-refractivity contribution is -0.109. The SMILES string of the molecule is C.CCC(N)=S.CCC1=NCC=N1.NNC=O. The van der Waals surface area contributed by atoms with Gasteiger partial charge in [0, 0.05) is 12.6 Å². The molecule has 1 amide bonds. The minimum Gasteiger partial charge on any atom is -0.393 e. The molecule has 0 atom stereocenters. The molecule has 7 heteroatoms. The summed E-state index contributed by atoms with van der Waals surface area (Å²) in [6.07, 6.45) is 4.02. The number of amides is 1. The first kappa shape index (κ1) is 21.0. The highest BCUT2D eigenvalue weighted by Crippen LogP contribution is 1.91. The highest BCUT2D eigenvalue weighted by Gasteiger charge is 1.93. The van der Waals surface area contributed by atoms with E-state index in [1.807, 2.05) is 13.1 Å². The normalized spacial score (nSPS) is 10.6. The predicted octanol–water partition coefficient (Wildman–Crippen LogP) is 0.804. The Morgan fingerprint density at radius 2 is 2.12 bits per heavy atom. The fourth-order valence-electron chi connectivity index (χ4n) is 0.536. The molecule has 5 N–H and O–H groups in total. The Bertz CT molecular complexity index is 253. The molecule has 1 aliphatic heterocycles. The van der Waals surface area contributed by atoms with E-state index < -0.39 is 0 Å². The standard InChI is InChI=1S/C5H8N2.C3H7NS.CH4N2O.CH4/c1-2-5-6-3-4-7-5;1-2-3(4)5;2-3-1-4;/h3H,2,4H2,1H3;2H2,1H3,(H2,4,5);1H,2H2,(H,3,4);1H4. The van der Waals surface area contributed by atoms with Crippen molar-refractivity contribution in [2.75, 3.05) is 6.54 Å². The molecule has 1 rings (SSSR count). The Hall–Kier alpha value is -1.34. The zero-order chi connectivity index (χ0) is 12.8. The highest BCUT2D eigenvalue weighted by molar-refractivity contribution is 7.80. The third-order valence-corrected chi connectivity index (χ3v) is 1.62. The molecular weight excluding hydrogens is 238 g/mol. The van der Waals surface area contributed by atoms with E-state index in [9.17, 15) is 0 Å². The number of carbonyl (C=O) groups excluding carboxylic acids is 1. The molecule has 0 saturated heterocycles. The van der Waals surface area contributed by atoms with Crippen LogP contribution in [-0.2, 0) is 4.79 Å². The average Bonchev–Trinajstić information content (AvgIpc) is 2.83. The van der Waals surface area contributed by atoms with E-state index in [1.54, 1.807) is 5.43 Å². The van der Waals surface area contributed by atoms with Crippen molar-refractivity contribution in [1.82, 2.24) is 5.43 Å². The highest BCUT2D eigenvalue weighted by atomic mass is 32.1. The number of thiocarbonyl (C=S) groups is 1. The summed E-state index contributed by atoms with van der Waals surface area (Å²) in [6, 6.07) is 0. The van der Waals surface area contributed by atoms with E-state index in [4.69, 9.17) is 10.5 Å². The zero-order valence-corrected chi connectivity index (χ0v) is 10.5. The van der Waals surface area contributed by atoms with Crippen molar-refractivity contribution in [3.63, 3.8) is 0 Å². The quantitative estimate of drug-likeness (QED) is 0.230. The molecule has 0 aromatic heterocycles. The molecule has 0 aromatic rings. The van der Waals surface area contributed by atoms with Gasteiger partial charge in [0.1, 0.15) is 5.84 Å². The molecular formula is C10H23N5OS. The monoisotopic (exact) mass is 261 g/mol. The van der Waals surface area contributed by atoms with Crippen LogP contribution in [0.4, 0.5) is 0 Å². The van der Waals surface area contributed by atoms with Gasteiger partial charge in [0.05, 0.1) is 11.5 Å². The molecule has 1 aliphatic rings. The summed E-state index contributed by atoms with van der Waals surface area (Å²) in [5.74, 6) is 5.40. The summed E-state index contributed by atoms with van der Waals surface area (Å²) in [5, 5.41) is 0. The number of amidine groups is 1. The molecule has 100 valence electrons. The molecule has 6 nitrogen and oxygen atoms in total. The number of hydrogen-bond acceptors (Lipinski definition) is 5. The Morgan fingerprint density at radius 3 is 2.24 bits per heavy atom. The van der Waals surface area contributed by atoms with Crippen molar-refractivity contribution in [3.05, 3.63) is 0 Å². The van der Waals surface area contributed by atoms with Crippen LogP contribution in [0.3, 0.4) is 0 Å². The van der Waals surface area contributed by atoms with Crippen LogP contribution in [0.25, 0.3) is 0 Å². The molecule has 0 aliphatic carbocycles. The Morgan fingerprint density at radius 1 is 1.65 bits per heavy atom. The lowest BCUT2D eigenvalue weighted by Gasteiger charge is -1.81. The van der Waals surface area contributed by atoms with Gasteiger partial charge < -0.3 is 5.73 Å². The molecule has 17 heavy (non-hydrogen) atoms. The molecule has 0 bridgehead atoms. The van der Waals surface area contributed by atoms with Crippen molar-refractivity contribution in [3.8, 4) is 0 Å². The van der Waals surface area contributed by atoms with Crippen LogP contribution in [0.15, 0.2) is 9.98 Å². The smallest absolute Gasteiger partial charge is 0.221 e. The second-order valence-electron chi connectivity index (χ2n) is 2.53. The van der Waals surface area contributed by atoms with E-state index in [2.05, 4.69) is 35.0 Å². The summed E-state index contributed by atoms with van der Waals surface area (Å²) in [4.78, 5) is 17.6. The van der Waals surface area contributed by atoms with Crippen molar-refractivity contribution in [1.29, 1.82) is 0 Å². The van der Waals surface area contributed by atoms with Crippen LogP contribution in [0.5, 0.6) is 0 Å². The van der Waals surface area contributed by atoms with Crippen molar-refractivity contribution in [2.24, 2.45) is 21.6 Å². The summed E-state index contributed by atoms with van der Waals surface area (Å²) < 4.78 is 0. The number of aliphatic imine (C=N–C) groups is 2. The van der Waals surface area contributed by atoms with E-state index >= 15 is 0 Å². The molecule has 0 radical (unpaired) electrons. The maximum Gasteiger partial charge on any atom is 0.221 e. The number of hydrazine groups is 1. The molecule has 0 spiro atoms. The maximum absolute atomic E-state index is 8.94. The topological polar surface area (TPSA) is 106 Å². The third kappa shape index (κ3) is 20.7. The summed E-state index contributed by atoms with van der Waals surface area (Å²) in [6.45, 7) is 4.78. The van der Waals surface area contributed by atoms with Gasteiger partial charge in [-0.2, -0.15) is 0 Å². The first-order valence-corrected chi connectivity index (χ1v) is 5.27. The maximum atomic E-state index is 8.94. The third-order valence-electron chi connectivity index (χ3n) is 1.33. The number of carbonyl (C=O) groups is 1. The van der Waals surface area contributed by atoms with Gasteiger partial charge in [-0.15, -0.1) is 0 Å². The number of nitrogens with two attached hydrogens (primary N) is 2. The van der Waals surface area contributed by atoms with Gasteiger partial charge in [0.15, 0.2) is 0 Å². The van der Waals surface area contributed by atoms with E-state index in [0.717, 1.165) is 25.2 Å². The zero-order valence-electron chi connectivity index (χ0n) is 9.64. The molecule has 0 aromatic carbocycles. The first-order chi connectivity index (χ1) is 7.62. The van der Waals surface area contributed by atoms with Crippen LogP contribution >= 0.6 is 12.2 Å². The van der Waals surface area contributed by atoms with Gasteiger partial charge >= 0.3 is 0 Å². The molecule has 1 heterocycles. The van der Waals surface area contributed by atoms with Gasteiger partial charge in [0.25, 0.3) is 0 Å². The predicted molar refractivity (Wildman–Crippen MR) is 78.3 cm³/mol. The van der Waals surface area contributed by atoms with Crippen molar-refractivity contribution >= 4 is 35.7 Å². The van der Waals surface area contributed by atoms with Gasteiger partial charge in [0.2, 0.25) is 6.41 Å². The van der Waals surface area contributed by atoms with Gasteiger partial charge in [-0.1, -0.05) is 33.5 Å². The van der Waals surface area contributed by atoms with E-state index in [0.29, 0.717) is 11.4 Å². The Kier molecular flexibility index (Phi) is 21.1. The fourth-order valence-corrected chi connectivity index (χ4v) is 0.536. The molecule has 0 saturated carbocycles. The summed E-state index contributed by atoms with van der Waals surface area (Å²) >= 11 is 4.47. The van der Waals surface area contributed by atoms with E-state index in [1.165, 1.54) is 0 Å². The van der Waals surface area contributed by atoms with Crippen LogP contribution in [0.1, 0.15) is 34.1 Å².